The van der Waals surface area contributed by atoms with Gasteiger partial charge < -0.3 is 26.0 Å². The normalized spacial score (nSPS) is 12.7. The van der Waals surface area contributed by atoms with Crippen LogP contribution in [-0.4, -0.2) is 54.5 Å². The number of aliphatic hydroxyl groups excluding tert-OH is 1. The van der Waals surface area contributed by atoms with Crippen molar-refractivity contribution in [3.8, 4) is 11.5 Å². The van der Waals surface area contributed by atoms with E-state index in [9.17, 15) is 28.5 Å². The second-order valence-corrected chi connectivity index (χ2v) is 12.6. The molecule has 0 heterocycles. The highest BCUT2D eigenvalue weighted by atomic mass is 32.2. The highest BCUT2D eigenvalue weighted by Crippen LogP contribution is 2.28. The maximum absolute atomic E-state index is 12.8. The van der Waals surface area contributed by atoms with E-state index in [0.717, 1.165) is 28.5 Å². The summed E-state index contributed by atoms with van der Waals surface area (Å²) < 4.78 is 25.3. The third-order valence-corrected chi connectivity index (χ3v) is 7.45. The number of carbonyl (C=O) groups is 1. The molecule has 40 heavy (non-hydrogen) atoms. The fourth-order valence-electron chi connectivity index (χ4n) is 4.47. The second kappa shape index (κ2) is 12.7. The molecule has 0 radical (unpaired) electrons. The zero-order valence-electron chi connectivity index (χ0n) is 23.6. The van der Waals surface area contributed by atoms with E-state index >= 15 is 0 Å². The van der Waals surface area contributed by atoms with Gasteiger partial charge in [-0.25, -0.2) is 8.42 Å². The van der Waals surface area contributed by atoms with Gasteiger partial charge in [-0.15, -0.1) is 0 Å². The van der Waals surface area contributed by atoms with E-state index in [-0.39, 0.29) is 29.6 Å². The Labute approximate surface area is 236 Å². The van der Waals surface area contributed by atoms with Crippen LogP contribution in [-0.2, 0) is 22.9 Å². The molecule has 10 heteroatoms. The molecular formula is C30H39N3O6S. The molecule has 1 atom stereocenters. The smallest absolute Gasteiger partial charge is 0.251 e. The number of sulfonamides is 1. The van der Waals surface area contributed by atoms with Gasteiger partial charge in [0.25, 0.3) is 5.91 Å². The molecule has 3 aromatic carbocycles. The van der Waals surface area contributed by atoms with Crippen LogP contribution in [0.25, 0.3) is 0 Å². The molecule has 0 aliphatic carbocycles. The zero-order chi connectivity index (χ0) is 29.7. The number of β-amino-alcohol motifs (C(OH)–C–C–N with tert-alkyl or cyclic N) is 1. The first-order valence-electron chi connectivity index (χ1n) is 13.0. The van der Waals surface area contributed by atoms with Crippen LogP contribution in [0.15, 0.2) is 54.6 Å². The standard InChI is InChI=1S/C30H39N3O6S/c1-19-20(2)26(34)11-9-22(19)13-14-31-29(37)24-8-6-7-21(15-24)17-30(3,4)32-18-28(36)23-10-12-27(35)25(16-23)33-40(5,38)39/h6-12,15-16,28,32-36H,13-14,17-18H2,1-5H3,(H,31,37)/t28-/m1/s1. The topological polar surface area (TPSA) is 148 Å². The summed E-state index contributed by atoms with van der Waals surface area (Å²) >= 11 is 0. The van der Waals surface area contributed by atoms with Gasteiger partial charge in [0, 0.05) is 24.2 Å². The molecule has 0 spiro atoms. The van der Waals surface area contributed by atoms with E-state index < -0.39 is 21.7 Å². The van der Waals surface area contributed by atoms with Crippen LogP contribution in [0.2, 0.25) is 0 Å². The van der Waals surface area contributed by atoms with Crippen LogP contribution in [0.3, 0.4) is 0 Å². The van der Waals surface area contributed by atoms with Gasteiger partial charge in [0.2, 0.25) is 10.0 Å². The minimum absolute atomic E-state index is 0.00159. The molecule has 9 nitrogen and oxygen atoms in total. The molecule has 0 aromatic heterocycles. The van der Waals surface area contributed by atoms with Crippen LogP contribution in [0.4, 0.5) is 5.69 Å². The first-order valence-corrected chi connectivity index (χ1v) is 14.9. The maximum Gasteiger partial charge on any atom is 0.251 e. The van der Waals surface area contributed by atoms with Gasteiger partial charge in [-0.2, -0.15) is 0 Å². The van der Waals surface area contributed by atoms with Gasteiger partial charge in [-0.3, -0.25) is 9.52 Å². The Morgan fingerprint density at radius 1 is 0.975 bits per heavy atom. The Hall–Kier alpha value is -3.60. The number of benzene rings is 3. The highest BCUT2D eigenvalue weighted by Gasteiger charge is 2.21. The number of aliphatic hydroxyl groups is 1. The molecule has 6 N–H and O–H groups in total. The van der Waals surface area contributed by atoms with Crippen LogP contribution in [0, 0.1) is 13.8 Å². The average Bonchev–Trinajstić information content (AvgIpc) is 2.87. The Morgan fingerprint density at radius 2 is 1.68 bits per heavy atom. The summed E-state index contributed by atoms with van der Waals surface area (Å²) in [5.74, 6) is -0.128. The van der Waals surface area contributed by atoms with Gasteiger partial charge in [-0.05, 0) is 98.7 Å². The summed E-state index contributed by atoms with van der Waals surface area (Å²) in [7, 11) is -3.59. The molecule has 0 unspecified atom stereocenters. The molecule has 0 aliphatic rings. The number of aromatic hydroxyl groups is 2. The Kier molecular flexibility index (Phi) is 9.83. The first-order chi connectivity index (χ1) is 18.6. The largest absolute Gasteiger partial charge is 0.508 e. The molecular weight excluding hydrogens is 530 g/mol. The highest BCUT2D eigenvalue weighted by molar-refractivity contribution is 7.92. The van der Waals surface area contributed by atoms with E-state index in [1.807, 2.05) is 52.0 Å². The molecule has 1 amide bonds. The summed E-state index contributed by atoms with van der Waals surface area (Å²) in [5.41, 5.74) is 4.47. The maximum atomic E-state index is 12.8. The number of rotatable bonds is 12. The molecule has 0 saturated heterocycles. The van der Waals surface area contributed by atoms with Crippen molar-refractivity contribution in [2.75, 3.05) is 24.1 Å². The Balaban J connectivity index is 1.57. The Morgan fingerprint density at radius 3 is 2.38 bits per heavy atom. The summed E-state index contributed by atoms with van der Waals surface area (Å²) in [4.78, 5) is 12.8. The van der Waals surface area contributed by atoms with Crippen LogP contribution >= 0.6 is 0 Å². The lowest BCUT2D eigenvalue weighted by molar-refractivity contribution is 0.0954. The van der Waals surface area contributed by atoms with Crippen molar-refractivity contribution in [1.82, 2.24) is 10.6 Å². The summed E-state index contributed by atoms with van der Waals surface area (Å²) in [6.07, 6.45) is 1.28. The van der Waals surface area contributed by atoms with E-state index in [2.05, 4.69) is 15.4 Å². The van der Waals surface area contributed by atoms with Gasteiger partial charge in [-0.1, -0.05) is 24.3 Å². The SMILES string of the molecule is Cc1c(O)ccc(CCNC(=O)c2cccc(CC(C)(C)NC[C@@H](O)c3ccc(O)c(NS(C)(=O)=O)c3)c2)c1C. The van der Waals surface area contributed by atoms with Gasteiger partial charge in [0.05, 0.1) is 18.0 Å². The van der Waals surface area contributed by atoms with Gasteiger partial charge in [0.15, 0.2) is 0 Å². The molecule has 0 fully saturated rings. The summed E-state index contributed by atoms with van der Waals surface area (Å²) in [6.45, 7) is 8.47. The van der Waals surface area contributed by atoms with E-state index in [4.69, 9.17) is 0 Å². The number of amides is 1. The Bertz CT molecular complexity index is 1470. The van der Waals surface area contributed by atoms with Crippen molar-refractivity contribution in [2.45, 2.75) is 52.2 Å². The minimum Gasteiger partial charge on any atom is -0.508 e. The summed E-state index contributed by atoms with van der Waals surface area (Å²) in [5, 5.41) is 36.8. The van der Waals surface area contributed by atoms with Crippen LogP contribution in [0.5, 0.6) is 11.5 Å². The lowest BCUT2D eigenvalue weighted by atomic mass is 9.93. The van der Waals surface area contributed by atoms with Crippen molar-refractivity contribution in [3.05, 3.63) is 88.0 Å². The summed E-state index contributed by atoms with van der Waals surface area (Å²) in [6, 6.07) is 15.2. The average molecular weight is 570 g/mol. The molecule has 0 aliphatic heterocycles. The zero-order valence-corrected chi connectivity index (χ0v) is 24.4. The number of anilines is 1. The first kappa shape index (κ1) is 30.9. The van der Waals surface area contributed by atoms with E-state index in [1.54, 1.807) is 12.1 Å². The molecule has 0 saturated carbocycles. The number of carbonyl (C=O) groups excluding carboxylic acids is 1. The third-order valence-electron chi connectivity index (χ3n) is 6.86. The number of hydrogen-bond donors (Lipinski definition) is 6. The lowest BCUT2D eigenvalue weighted by Gasteiger charge is -2.28. The van der Waals surface area contributed by atoms with E-state index in [0.29, 0.717) is 30.5 Å². The molecule has 3 rings (SSSR count). The fraction of sp³-hybridized carbons (Fsp3) is 0.367. The van der Waals surface area contributed by atoms with Crippen molar-refractivity contribution >= 4 is 21.6 Å². The molecule has 3 aromatic rings. The molecule has 216 valence electrons. The predicted octanol–water partition coefficient (Wildman–Crippen LogP) is 3.70. The van der Waals surface area contributed by atoms with Crippen LogP contribution < -0.4 is 15.4 Å². The van der Waals surface area contributed by atoms with Crippen LogP contribution in [0.1, 0.15) is 58.1 Å². The number of nitrogens with one attached hydrogen (secondary N) is 3. The number of phenols is 2. The third kappa shape index (κ3) is 8.70. The predicted molar refractivity (Wildman–Crippen MR) is 157 cm³/mol. The van der Waals surface area contributed by atoms with Gasteiger partial charge >= 0.3 is 0 Å². The number of phenolic OH excluding ortho intramolecular Hbond substituents is 2. The van der Waals surface area contributed by atoms with Crippen molar-refractivity contribution in [3.63, 3.8) is 0 Å². The van der Waals surface area contributed by atoms with E-state index in [1.165, 1.54) is 18.2 Å². The lowest BCUT2D eigenvalue weighted by Crippen LogP contribution is -2.43. The van der Waals surface area contributed by atoms with Crippen molar-refractivity contribution in [2.24, 2.45) is 0 Å². The molecule has 0 bridgehead atoms. The monoisotopic (exact) mass is 569 g/mol. The quantitative estimate of drug-likeness (QED) is 0.182. The van der Waals surface area contributed by atoms with Crippen molar-refractivity contribution in [1.29, 1.82) is 0 Å². The fourth-order valence-corrected chi connectivity index (χ4v) is 5.04. The second-order valence-electron chi connectivity index (χ2n) is 10.8. The minimum atomic E-state index is -3.59. The van der Waals surface area contributed by atoms with Gasteiger partial charge in [0.1, 0.15) is 11.5 Å². The number of hydrogen-bond acceptors (Lipinski definition) is 7. The van der Waals surface area contributed by atoms with Crippen molar-refractivity contribution < 1.29 is 28.5 Å².